The van der Waals surface area contributed by atoms with Crippen LogP contribution in [0.15, 0.2) is 174 Å². The minimum absolute atomic E-state index is 0.0301. The topological polar surface area (TPSA) is 56.7 Å². The molecule has 0 fully saturated rings. The summed E-state index contributed by atoms with van der Waals surface area (Å²) >= 11 is 0. The van der Waals surface area contributed by atoms with Crippen molar-refractivity contribution in [2.24, 2.45) is 0 Å². The molecule has 3 heterocycles. The van der Waals surface area contributed by atoms with Gasteiger partial charge >= 0.3 is 0 Å². The maximum Gasteiger partial charge on any atom is 0.167 e. The van der Waals surface area contributed by atoms with Gasteiger partial charge in [0.05, 0.1) is 23.5 Å². The van der Waals surface area contributed by atoms with Gasteiger partial charge in [-0.05, 0) is 47.5 Å². The van der Waals surface area contributed by atoms with Gasteiger partial charge in [-0.3, -0.25) is 0 Å². The van der Waals surface area contributed by atoms with Crippen molar-refractivity contribution in [2.75, 3.05) is 0 Å². The number of hydrogen-bond acceptors (Lipinski definition) is 4. The summed E-state index contributed by atoms with van der Waals surface area (Å²) in [5.41, 5.74) is 7.84. The Hall–Kier alpha value is -6.85. The summed E-state index contributed by atoms with van der Waals surface area (Å²) in [6, 6.07) is 44.5. The van der Waals surface area contributed by atoms with E-state index in [1.165, 1.54) is 0 Å². The van der Waals surface area contributed by atoms with Crippen LogP contribution < -0.4 is 0 Å². The van der Waals surface area contributed by atoms with Gasteiger partial charge in [0, 0.05) is 38.4 Å². The average molecular weight is 646 g/mol. The lowest BCUT2D eigenvalue weighted by Crippen LogP contribution is -2.00. The van der Waals surface area contributed by atoms with Crippen LogP contribution in [-0.2, 0) is 0 Å². The van der Waals surface area contributed by atoms with Crippen molar-refractivity contribution < 1.29 is 11.3 Å². The van der Waals surface area contributed by atoms with Crippen LogP contribution in [-0.4, -0.2) is 19.5 Å². The van der Waals surface area contributed by atoms with Crippen LogP contribution in [0.5, 0.6) is 0 Å². The number of nitrogens with zero attached hydrogens (tertiary/aromatic N) is 4. The Morgan fingerprint density at radius 1 is 0.460 bits per heavy atom. The molecule has 50 heavy (non-hydrogen) atoms. The van der Waals surface area contributed by atoms with E-state index in [0.29, 0.717) is 28.1 Å². The van der Waals surface area contributed by atoms with E-state index in [4.69, 9.17) is 21.2 Å². The van der Waals surface area contributed by atoms with E-state index in [1.54, 1.807) is 0 Å². The normalized spacial score (nSPS) is 13.0. The standard InChI is InChI=1S/C45H28N4O/c1-4-13-29(14-5-1)32-23-25-35-34-19-10-11-22-39(34)49(40(35)27-32)33-24-26-41-38(28-33)36-20-12-21-37(42(36)50-41)45-47-43(30-15-6-2-7-16-30)46-44(48-45)31-17-8-3-9-18-31/h1-28H/i2D,6D,7D,15D,16D. The summed E-state index contributed by atoms with van der Waals surface area (Å²) in [5.74, 6) is 0.512. The van der Waals surface area contributed by atoms with E-state index in [9.17, 15) is 0 Å². The Kier molecular flexibility index (Phi) is 5.35. The third-order valence-corrected chi connectivity index (χ3v) is 9.15. The molecule has 0 aliphatic heterocycles. The van der Waals surface area contributed by atoms with Crippen LogP contribution in [0.1, 0.15) is 6.85 Å². The lowest BCUT2D eigenvalue weighted by atomic mass is 10.0. The molecule has 10 aromatic rings. The van der Waals surface area contributed by atoms with E-state index in [0.717, 1.165) is 49.4 Å². The first kappa shape index (κ1) is 23.5. The highest BCUT2D eigenvalue weighted by molar-refractivity contribution is 6.12. The molecule has 7 aromatic carbocycles. The lowest BCUT2D eigenvalue weighted by molar-refractivity contribution is 0.669. The van der Waals surface area contributed by atoms with Crippen molar-refractivity contribution in [3.05, 3.63) is 170 Å². The maximum atomic E-state index is 8.67. The predicted molar refractivity (Wildman–Crippen MR) is 203 cm³/mol. The van der Waals surface area contributed by atoms with Crippen LogP contribution in [0.2, 0.25) is 0 Å². The molecule has 0 spiro atoms. The number of hydrogen-bond donors (Lipinski definition) is 0. The zero-order valence-corrected chi connectivity index (χ0v) is 26.5. The Morgan fingerprint density at radius 2 is 1.14 bits per heavy atom. The predicted octanol–water partition coefficient (Wildman–Crippen LogP) is 11.5. The van der Waals surface area contributed by atoms with Gasteiger partial charge in [-0.1, -0.05) is 133 Å². The number of aromatic nitrogens is 4. The number of rotatable bonds is 5. The van der Waals surface area contributed by atoms with E-state index in [1.807, 2.05) is 60.7 Å². The minimum atomic E-state index is -0.486. The summed E-state index contributed by atoms with van der Waals surface area (Å²) in [7, 11) is 0. The fourth-order valence-corrected chi connectivity index (χ4v) is 6.85. The van der Waals surface area contributed by atoms with E-state index in [-0.39, 0.29) is 17.2 Å². The molecule has 0 N–H and O–H groups in total. The van der Waals surface area contributed by atoms with Crippen molar-refractivity contribution in [3.63, 3.8) is 0 Å². The summed E-state index contributed by atoms with van der Waals surface area (Å²) in [6.45, 7) is 0. The molecular formula is C45H28N4O. The lowest BCUT2D eigenvalue weighted by Gasteiger charge is -2.09. The van der Waals surface area contributed by atoms with Gasteiger partial charge in [-0.15, -0.1) is 0 Å². The largest absolute Gasteiger partial charge is 0.455 e. The number of furan rings is 1. The van der Waals surface area contributed by atoms with Crippen LogP contribution in [0.3, 0.4) is 0 Å². The van der Waals surface area contributed by atoms with E-state index in [2.05, 4.69) is 88.4 Å². The summed E-state index contributed by atoms with van der Waals surface area (Å²) in [6.07, 6.45) is 0. The highest BCUT2D eigenvalue weighted by Crippen LogP contribution is 2.39. The number of para-hydroxylation sites is 2. The van der Waals surface area contributed by atoms with Crippen molar-refractivity contribution >= 4 is 43.7 Å². The zero-order chi connectivity index (χ0) is 37.4. The summed E-state index contributed by atoms with van der Waals surface area (Å²) in [5, 5.41) is 4.08. The van der Waals surface area contributed by atoms with Gasteiger partial charge in [-0.2, -0.15) is 0 Å². The third-order valence-electron chi connectivity index (χ3n) is 9.15. The first-order valence-electron chi connectivity index (χ1n) is 18.8. The van der Waals surface area contributed by atoms with Gasteiger partial charge in [0.25, 0.3) is 0 Å². The number of fused-ring (bicyclic) bond motifs is 6. The fourth-order valence-electron chi connectivity index (χ4n) is 6.85. The quantitative estimate of drug-likeness (QED) is 0.187. The Bertz CT molecular complexity index is 3130. The molecule has 0 aliphatic rings. The number of benzene rings is 7. The van der Waals surface area contributed by atoms with E-state index >= 15 is 0 Å². The molecule has 10 rings (SSSR count). The molecule has 0 saturated carbocycles. The Morgan fingerprint density at radius 3 is 1.96 bits per heavy atom. The van der Waals surface area contributed by atoms with Crippen LogP contribution >= 0.6 is 0 Å². The molecule has 0 saturated heterocycles. The molecule has 0 unspecified atom stereocenters. The Balaban J connectivity index is 1.18. The molecule has 0 atom stereocenters. The zero-order valence-electron chi connectivity index (χ0n) is 31.5. The first-order valence-corrected chi connectivity index (χ1v) is 16.3. The van der Waals surface area contributed by atoms with Crippen molar-refractivity contribution in [1.29, 1.82) is 0 Å². The average Bonchev–Trinajstić information content (AvgIpc) is 3.78. The fraction of sp³-hybridized carbons (Fsp3) is 0. The summed E-state index contributed by atoms with van der Waals surface area (Å²) < 4.78 is 50.9. The summed E-state index contributed by atoms with van der Waals surface area (Å²) in [4.78, 5) is 14.3. The first-order chi connectivity index (χ1) is 26.9. The van der Waals surface area contributed by atoms with Gasteiger partial charge in [-0.25, -0.2) is 15.0 Å². The molecule has 0 radical (unpaired) electrons. The molecule has 5 nitrogen and oxygen atoms in total. The second-order valence-corrected chi connectivity index (χ2v) is 12.1. The highest BCUT2D eigenvalue weighted by Gasteiger charge is 2.19. The SMILES string of the molecule is [2H]c1c([2H])c([2H])c(-c2nc(-c3ccccc3)nc(-c3cccc4c3oc3ccc(-n5c6ccccc6c6ccc(-c7ccccc7)cc65)cc34)n2)c([2H])c1[2H]. The molecule has 0 amide bonds. The van der Waals surface area contributed by atoms with Gasteiger partial charge < -0.3 is 8.98 Å². The molecule has 5 heteroatoms. The highest BCUT2D eigenvalue weighted by atomic mass is 16.3. The van der Waals surface area contributed by atoms with Crippen LogP contribution in [0.25, 0.3) is 94.7 Å². The molecular weight excluding hydrogens is 613 g/mol. The maximum absolute atomic E-state index is 8.67. The van der Waals surface area contributed by atoms with Gasteiger partial charge in [0.2, 0.25) is 0 Å². The second-order valence-electron chi connectivity index (χ2n) is 12.1. The second kappa shape index (κ2) is 11.4. The Labute approximate surface area is 294 Å². The smallest absolute Gasteiger partial charge is 0.167 e. The van der Waals surface area contributed by atoms with Crippen molar-refractivity contribution in [2.45, 2.75) is 0 Å². The monoisotopic (exact) mass is 645 g/mol. The minimum Gasteiger partial charge on any atom is -0.455 e. The molecule has 234 valence electrons. The third kappa shape index (κ3) is 4.60. The van der Waals surface area contributed by atoms with Crippen molar-refractivity contribution in [1.82, 2.24) is 19.5 Å². The van der Waals surface area contributed by atoms with Crippen LogP contribution in [0, 0.1) is 0 Å². The van der Waals surface area contributed by atoms with Crippen LogP contribution in [0.4, 0.5) is 0 Å². The molecule has 0 bridgehead atoms. The molecule has 0 aliphatic carbocycles. The molecule has 3 aromatic heterocycles. The van der Waals surface area contributed by atoms with E-state index < -0.39 is 30.2 Å². The van der Waals surface area contributed by atoms with Gasteiger partial charge in [0.15, 0.2) is 17.5 Å². The van der Waals surface area contributed by atoms with Crippen molar-refractivity contribution in [3.8, 4) is 51.0 Å². The van der Waals surface area contributed by atoms with Gasteiger partial charge in [0.1, 0.15) is 11.2 Å².